The number of carbonyl (C=O) groups is 1. The number of carbonyl (C=O) groups excluding carboxylic acids is 1. The number of guanidine groups is 1. The average molecular weight is 487 g/mol. The minimum Gasteiger partial charge on any atom is -0.356 e. The summed E-state index contributed by atoms with van der Waals surface area (Å²) in [6.07, 6.45) is 6.81. The first-order valence-corrected chi connectivity index (χ1v) is 9.67. The van der Waals surface area contributed by atoms with E-state index in [-0.39, 0.29) is 41.8 Å². The maximum Gasteiger partial charge on any atom is 0.223 e. The molecule has 1 aromatic rings. The Hall–Kier alpha value is -1.38. The van der Waals surface area contributed by atoms with E-state index in [0.717, 1.165) is 50.3 Å². The van der Waals surface area contributed by atoms with Gasteiger partial charge in [-0.05, 0) is 58.1 Å². The lowest BCUT2D eigenvalue weighted by Gasteiger charge is -2.30. The number of aromatic nitrogens is 1. The number of halogens is 1. The van der Waals surface area contributed by atoms with E-state index in [1.807, 2.05) is 33.0 Å². The van der Waals surface area contributed by atoms with Crippen LogP contribution >= 0.6 is 24.0 Å². The lowest BCUT2D eigenvalue weighted by molar-refractivity contribution is -0.126. The van der Waals surface area contributed by atoms with Crippen LogP contribution in [0.15, 0.2) is 23.3 Å². The minimum absolute atomic E-state index is 0. The number of nitrogens with zero attached hydrogens (tertiary/aromatic N) is 2. The molecule has 2 atom stereocenters. The van der Waals surface area contributed by atoms with Gasteiger partial charge in [0.25, 0.3) is 0 Å². The van der Waals surface area contributed by atoms with Crippen LogP contribution in [0, 0.1) is 12.8 Å². The number of aliphatic imine (C=N–C) groups is 1. The third-order valence-electron chi connectivity index (χ3n) is 4.72. The number of rotatable bonds is 6. The molecule has 0 saturated heterocycles. The molecule has 1 aliphatic carbocycles. The first-order chi connectivity index (χ1) is 12.5. The standard InChI is InChI=1S/C20H33N5O.HI/c1-14(2)24-19(26)17-6-5-7-18(12-17)25-20(21-4)22-11-10-16-9-8-15(3)23-13-16;/h8-9,13-14,17-18H,5-7,10-12H2,1-4H3,(H,24,26)(H2,21,22,25);1H. The van der Waals surface area contributed by atoms with E-state index >= 15 is 0 Å². The molecule has 0 bridgehead atoms. The SMILES string of the molecule is CN=C(NCCc1ccc(C)nc1)NC1CCCC(C(=O)NC(C)C)C1.I. The number of nitrogens with one attached hydrogen (secondary N) is 3. The summed E-state index contributed by atoms with van der Waals surface area (Å²) in [5, 5.41) is 9.89. The van der Waals surface area contributed by atoms with Crippen LogP contribution in [0.4, 0.5) is 0 Å². The van der Waals surface area contributed by atoms with Gasteiger partial charge in [0.1, 0.15) is 0 Å². The highest BCUT2D eigenvalue weighted by molar-refractivity contribution is 14.0. The molecule has 6 nitrogen and oxygen atoms in total. The number of hydrogen-bond donors (Lipinski definition) is 3. The monoisotopic (exact) mass is 487 g/mol. The predicted molar refractivity (Wildman–Crippen MR) is 122 cm³/mol. The summed E-state index contributed by atoms with van der Waals surface area (Å²) in [5.74, 6) is 1.08. The highest BCUT2D eigenvalue weighted by atomic mass is 127. The smallest absolute Gasteiger partial charge is 0.223 e. The fraction of sp³-hybridized carbons (Fsp3) is 0.650. The third-order valence-corrected chi connectivity index (χ3v) is 4.72. The molecule has 27 heavy (non-hydrogen) atoms. The van der Waals surface area contributed by atoms with E-state index in [1.165, 1.54) is 5.56 Å². The second-order valence-corrected chi connectivity index (χ2v) is 7.42. The number of amides is 1. The second kappa shape index (κ2) is 12.2. The van der Waals surface area contributed by atoms with Crippen LogP contribution in [-0.4, -0.2) is 42.5 Å². The fourth-order valence-electron chi connectivity index (χ4n) is 3.32. The molecule has 7 heteroatoms. The van der Waals surface area contributed by atoms with E-state index in [1.54, 1.807) is 7.05 Å². The molecule has 152 valence electrons. The highest BCUT2D eigenvalue weighted by Gasteiger charge is 2.27. The van der Waals surface area contributed by atoms with Gasteiger partial charge in [-0.1, -0.05) is 12.5 Å². The van der Waals surface area contributed by atoms with Crippen molar-refractivity contribution in [1.82, 2.24) is 20.9 Å². The molecule has 1 amide bonds. The molecule has 0 aliphatic heterocycles. The van der Waals surface area contributed by atoms with Crippen molar-refractivity contribution in [3.8, 4) is 0 Å². The summed E-state index contributed by atoms with van der Waals surface area (Å²) in [5.41, 5.74) is 2.24. The molecule has 1 fully saturated rings. The first kappa shape index (κ1) is 23.7. The van der Waals surface area contributed by atoms with Gasteiger partial charge in [0.2, 0.25) is 5.91 Å². The molecule has 0 aromatic carbocycles. The Morgan fingerprint density at radius 1 is 1.33 bits per heavy atom. The number of pyridine rings is 1. The summed E-state index contributed by atoms with van der Waals surface area (Å²) in [4.78, 5) is 20.9. The Labute approximate surface area is 180 Å². The van der Waals surface area contributed by atoms with Crippen molar-refractivity contribution in [1.29, 1.82) is 0 Å². The maximum atomic E-state index is 12.3. The second-order valence-electron chi connectivity index (χ2n) is 7.42. The summed E-state index contributed by atoms with van der Waals surface area (Å²) in [6.45, 7) is 6.80. The Morgan fingerprint density at radius 2 is 2.11 bits per heavy atom. The van der Waals surface area contributed by atoms with Crippen LogP contribution in [0.5, 0.6) is 0 Å². The van der Waals surface area contributed by atoms with Gasteiger partial charge in [-0.3, -0.25) is 14.8 Å². The molecule has 0 radical (unpaired) electrons. The Bertz CT molecular complexity index is 603. The Kier molecular flexibility index (Phi) is 10.6. The van der Waals surface area contributed by atoms with Gasteiger partial charge in [0.05, 0.1) is 0 Å². The van der Waals surface area contributed by atoms with Crippen molar-refractivity contribution in [2.45, 2.75) is 65.0 Å². The third kappa shape index (κ3) is 8.45. The van der Waals surface area contributed by atoms with Gasteiger partial charge < -0.3 is 16.0 Å². The molecular formula is C20H34IN5O. The summed E-state index contributed by atoms with van der Waals surface area (Å²) < 4.78 is 0. The fourth-order valence-corrected chi connectivity index (χ4v) is 3.32. The lowest BCUT2D eigenvalue weighted by Crippen LogP contribution is -2.47. The molecule has 1 saturated carbocycles. The van der Waals surface area contributed by atoms with E-state index in [4.69, 9.17) is 0 Å². The van der Waals surface area contributed by atoms with E-state index in [2.05, 4.69) is 32.0 Å². The predicted octanol–water partition coefficient (Wildman–Crippen LogP) is 2.80. The zero-order chi connectivity index (χ0) is 18.9. The van der Waals surface area contributed by atoms with Gasteiger partial charge >= 0.3 is 0 Å². The van der Waals surface area contributed by atoms with Gasteiger partial charge in [-0.25, -0.2) is 0 Å². The highest BCUT2D eigenvalue weighted by Crippen LogP contribution is 2.24. The van der Waals surface area contributed by atoms with E-state index < -0.39 is 0 Å². The zero-order valence-electron chi connectivity index (χ0n) is 16.9. The first-order valence-electron chi connectivity index (χ1n) is 9.67. The van der Waals surface area contributed by atoms with Crippen molar-refractivity contribution in [3.63, 3.8) is 0 Å². The van der Waals surface area contributed by atoms with Crippen LogP contribution in [0.2, 0.25) is 0 Å². The molecule has 1 aromatic heterocycles. The summed E-state index contributed by atoms with van der Waals surface area (Å²) in [6, 6.07) is 4.63. The van der Waals surface area contributed by atoms with Crippen LogP contribution in [0.25, 0.3) is 0 Å². The maximum absolute atomic E-state index is 12.3. The number of hydrogen-bond acceptors (Lipinski definition) is 3. The lowest BCUT2D eigenvalue weighted by atomic mass is 9.85. The molecule has 3 N–H and O–H groups in total. The number of aryl methyl sites for hydroxylation is 1. The quantitative estimate of drug-likeness (QED) is 0.328. The van der Waals surface area contributed by atoms with Gasteiger partial charge in [0, 0.05) is 43.5 Å². The zero-order valence-corrected chi connectivity index (χ0v) is 19.2. The molecular weight excluding hydrogens is 453 g/mol. The average Bonchev–Trinajstić information content (AvgIpc) is 2.62. The van der Waals surface area contributed by atoms with Gasteiger partial charge in [-0.2, -0.15) is 0 Å². The molecule has 1 heterocycles. The molecule has 1 aliphatic rings. The van der Waals surface area contributed by atoms with Crippen molar-refractivity contribution >= 4 is 35.8 Å². The Morgan fingerprint density at radius 3 is 2.74 bits per heavy atom. The Balaban J connectivity index is 0.00000364. The van der Waals surface area contributed by atoms with E-state index in [9.17, 15) is 4.79 Å². The van der Waals surface area contributed by atoms with Crippen molar-refractivity contribution in [2.24, 2.45) is 10.9 Å². The van der Waals surface area contributed by atoms with Crippen LogP contribution in [0.1, 0.15) is 50.8 Å². The van der Waals surface area contributed by atoms with Crippen LogP contribution in [0.3, 0.4) is 0 Å². The van der Waals surface area contributed by atoms with Crippen molar-refractivity contribution in [3.05, 3.63) is 29.6 Å². The van der Waals surface area contributed by atoms with Crippen molar-refractivity contribution in [2.75, 3.05) is 13.6 Å². The van der Waals surface area contributed by atoms with Crippen molar-refractivity contribution < 1.29 is 4.79 Å². The normalized spacial score (nSPS) is 20.0. The molecule has 0 spiro atoms. The topological polar surface area (TPSA) is 78.4 Å². The largest absolute Gasteiger partial charge is 0.356 e. The van der Waals surface area contributed by atoms with Crippen LogP contribution < -0.4 is 16.0 Å². The van der Waals surface area contributed by atoms with Gasteiger partial charge in [-0.15, -0.1) is 24.0 Å². The summed E-state index contributed by atoms with van der Waals surface area (Å²) >= 11 is 0. The van der Waals surface area contributed by atoms with Gasteiger partial charge in [0.15, 0.2) is 5.96 Å². The summed E-state index contributed by atoms with van der Waals surface area (Å²) in [7, 11) is 1.79. The van der Waals surface area contributed by atoms with Crippen LogP contribution in [-0.2, 0) is 11.2 Å². The van der Waals surface area contributed by atoms with E-state index in [0.29, 0.717) is 6.04 Å². The minimum atomic E-state index is 0. The molecule has 2 unspecified atom stereocenters. The molecule has 2 rings (SSSR count).